The lowest BCUT2D eigenvalue weighted by Gasteiger charge is -2.54. The summed E-state index contributed by atoms with van der Waals surface area (Å²) in [6, 6.07) is 5.57. The van der Waals surface area contributed by atoms with Crippen LogP contribution in [0.3, 0.4) is 0 Å². The first kappa shape index (κ1) is 19.6. The van der Waals surface area contributed by atoms with Crippen molar-refractivity contribution in [1.82, 2.24) is 4.90 Å². The highest BCUT2D eigenvalue weighted by Crippen LogP contribution is 2.51. The van der Waals surface area contributed by atoms with E-state index < -0.39 is 5.41 Å². The van der Waals surface area contributed by atoms with E-state index in [4.69, 9.17) is 14.2 Å². The van der Waals surface area contributed by atoms with E-state index in [-0.39, 0.29) is 43.7 Å². The zero-order valence-corrected chi connectivity index (χ0v) is 16.1. The van der Waals surface area contributed by atoms with E-state index in [0.717, 1.165) is 11.1 Å². The van der Waals surface area contributed by atoms with Crippen molar-refractivity contribution < 1.29 is 28.9 Å². The molecule has 1 fully saturated rings. The Hall–Kier alpha value is -2.12. The molecular weight excluding hydrogens is 350 g/mol. The maximum Gasteiger partial charge on any atom is 0.316 e. The summed E-state index contributed by atoms with van der Waals surface area (Å²) >= 11 is 0. The number of nitrogens with zero attached hydrogens (tertiary/aromatic N) is 1. The number of methoxy groups -OCH3 is 2. The molecule has 1 heterocycles. The highest BCUT2D eigenvalue weighted by molar-refractivity contribution is 5.86. The molecule has 0 aromatic heterocycles. The third-order valence-electron chi connectivity index (χ3n) is 6.01. The van der Waals surface area contributed by atoms with Crippen LogP contribution in [-0.2, 0) is 30.9 Å². The normalized spacial score (nSPS) is 26.8. The second kappa shape index (κ2) is 7.86. The van der Waals surface area contributed by atoms with Crippen molar-refractivity contribution in [2.24, 2.45) is 5.92 Å². The summed E-state index contributed by atoms with van der Waals surface area (Å²) in [5.41, 5.74) is 0.918. The fraction of sp³-hybridized carbons (Fsp3) is 0.600. The maximum absolute atomic E-state index is 13.1. The molecule has 148 valence electrons. The molecule has 2 bridgehead atoms. The number of piperidine rings is 1. The van der Waals surface area contributed by atoms with Crippen LogP contribution in [0.5, 0.6) is 5.75 Å². The van der Waals surface area contributed by atoms with E-state index in [9.17, 15) is 14.7 Å². The van der Waals surface area contributed by atoms with Crippen molar-refractivity contribution in [3.63, 3.8) is 0 Å². The number of rotatable bonds is 6. The standard InChI is InChI=1S/C20H27NO6/c1-4-27-18(23)11-16-17-9-13-5-6-14(25-2)10-15(13)20(16,19(24)26-3)7-8-21(17)12-22/h5-6,10,16-17,22H,4,7-9,11-12H2,1-3H3/t16-,17?,20?/m0/s1. The molecule has 2 aliphatic rings. The van der Waals surface area contributed by atoms with Gasteiger partial charge in [0.05, 0.1) is 39.4 Å². The number of carbonyl (C=O) groups excluding carboxylic acids is 2. The van der Waals surface area contributed by atoms with E-state index in [1.807, 2.05) is 23.1 Å². The summed E-state index contributed by atoms with van der Waals surface area (Å²) in [6.07, 6.45) is 1.20. The van der Waals surface area contributed by atoms with E-state index in [1.165, 1.54) is 7.11 Å². The number of hydrogen-bond acceptors (Lipinski definition) is 7. The predicted octanol–water partition coefficient (Wildman–Crippen LogP) is 1.26. The number of likely N-dealkylation sites (tertiary alicyclic amines) is 1. The first-order chi connectivity index (χ1) is 13.0. The summed E-state index contributed by atoms with van der Waals surface area (Å²) in [5.74, 6) is -0.375. The summed E-state index contributed by atoms with van der Waals surface area (Å²) in [7, 11) is 2.96. The van der Waals surface area contributed by atoms with Gasteiger partial charge in [-0.2, -0.15) is 0 Å². The molecule has 1 aromatic rings. The van der Waals surface area contributed by atoms with Crippen LogP contribution in [0.2, 0.25) is 0 Å². The first-order valence-corrected chi connectivity index (χ1v) is 9.28. The minimum absolute atomic E-state index is 0.0980. The smallest absolute Gasteiger partial charge is 0.316 e. The van der Waals surface area contributed by atoms with Crippen molar-refractivity contribution in [1.29, 1.82) is 0 Å². The average Bonchev–Trinajstić information content (AvgIpc) is 2.68. The lowest BCUT2D eigenvalue weighted by atomic mass is 9.56. The van der Waals surface area contributed by atoms with Crippen LogP contribution < -0.4 is 4.74 Å². The third kappa shape index (κ3) is 3.19. The molecule has 0 saturated carbocycles. The van der Waals surface area contributed by atoms with Crippen LogP contribution in [0, 0.1) is 5.92 Å². The molecular formula is C20H27NO6. The molecule has 1 aromatic carbocycles. The van der Waals surface area contributed by atoms with Gasteiger partial charge in [0, 0.05) is 18.5 Å². The lowest BCUT2D eigenvalue weighted by Crippen LogP contribution is -2.63. The van der Waals surface area contributed by atoms with Crippen LogP contribution in [0.4, 0.5) is 0 Å². The van der Waals surface area contributed by atoms with Gasteiger partial charge in [-0.15, -0.1) is 0 Å². The number of hydrogen-bond donors (Lipinski definition) is 1. The second-order valence-corrected chi connectivity index (χ2v) is 7.08. The molecule has 1 aliphatic carbocycles. The first-order valence-electron chi connectivity index (χ1n) is 9.28. The number of aliphatic hydroxyl groups excluding tert-OH is 1. The van der Waals surface area contributed by atoms with Crippen molar-refractivity contribution in [2.75, 3.05) is 34.1 Å². The van der Waals surface area contributed by atoms with E-state index in [2.05, 4.69) is 0 Å². The summed E-state index contributed by atoms with van der Waals surface area (Å²) < 4.78 is 15.8. The molecule has 3 rings (SSSR count). The van der Waals surface area contributed by atoms with Crippen LogP contribution in [0.25, 0.3) is 0 Å². The minimum Gasteiger partial charge on any atom is -0.497 e. The molecule has 0 amide bonds. The molecule has 1 saturated heterocycles. The monoisotopic (exact) mass is 377 g/mol. The molecule has 0 spiro atoms. The molecule has 1 N–H and O–H groups in total. The largest absolute Gasteiger partial charge is 0.497 e. The lowest BCUT2D eigenvalue weighted by molar-refractivity contribution is -0.161. The maximum atomic E-state index is 13.1. The number of benzene rings is 1. The van der Waals surface area contributed by atoms with Crippen LogP contribution in [0.15, 0.2) is 18.2 Å². The fourth-order valence-electron chi connectivity index (χ4n) is 4.79. The zero-order valence-electron chi connectivity index (χ0n) is 16.1. The Bertz CT molecular complexity index is 720. The number of aliphatic hydroxyl groups is 1. The van der Waals surface area contributed by atoms with E-state index >= 15 is 0 Å². The molecule has 7 nitrogen and oxygen atoms in total. The van der Waals surface area contributed by atoms with Gasteiger partial charge in [0.2, 0.25) is 0 Å². The molecule has 3 atom stereocenters. The number of ether oxygens (including phenoxy) is 3. The van der Waals surface area contributed by atoms with Gasteiger partial charge in [-0.05, 0) is 43.0 Å². The van der Waals surface area contributed by atoms with Gasteiger partial charge in [0.1, 0.15) is 5.75 Å². The highest BCUT2D eigenvalue weighted by Gasteiger charge is 2.59. The topological polar surface area (TPSA) is 85.3 Å². The summed E-state index contributed by atoms with van der Waals surface area (Å²) in [5, 5.41) is 9.84. The number of fused-ring (bicyclic) bond motifs is 4. The Morgan fingerprint density at radius 2 is 2.11 bits per heavy atom. The van der Waals surface area contributed by atoms with Crippen molar-refractivity contribution in [3.05, 3.63) is 29.3 Å². The highest BCUT2D eigenvalue weighted by atomic mass is 16.5. The second-order valence-electron chi connectivity index (χ2n) is 7.08. The Labute approximate surface area is 159 Å². The van der Waals surface area contributed by atoms with Gasteiger partial charge in [-0.1, -0.05) is 6.07 Å². The number of esters is 2. The van der Waals surface area contributed by atoms with Crippen LogP contribution >= 0.6 is 0 Å². The quantitative estimate of drug-likeness (QED) is 0.747. The predicted molar refractivity (Wildman–Crippen MR) is 97.3 cm³/mol. The Morgan fingerprint density at radius 1 is 1.33 bits per heavy atom. The van der Waals surface area contributed by atoms with Gasteiger partial charge >= 0.3 is 11.9 Å². The molecule has 1 aliphatic heterocycles. The van der Waals surface area contributed by atoms with E-state index in [0.29, 0.717) is 25.1 Å². The van der Waals surface area contributed by atoms with Crippen molar-refractivity contribution >= 4 is 11.9 Å². The van der Waals surface area contributed by atoms with Gasteiger partial charge in [-0.25, -0.2) is 0 Å². The molecule has 7 heteroatoms. The minimum atomic E-state index is -0.958. The van der Waals surface area contributed by atoms with E-state index in [1.54, 1.807) is 14.0 Å². The Morgan fingerprint density at radius 3 is 2.74 bits per heavy atom. The molecule has 0 radical (unpaired) electrons. The summed E-state index contributed by atoms with van der Waals surface area (Å²) in [4.78, 5) is 27.4. The van der Waals surface area contributed by atoms with Gasteiger partial charge in [0.15, 0.2) is 0 Å². The number of carbonyl (C=O) groups is 2. The van der Waals surface area contributed by atoms with Crippen LogP contribution in [-0.4, -0.2) is 62.1 Å². The van der Waals surface area contributed by atoms with Gasteiger partial charge < -0.3 is 19.3 Å². The van der Waals surface area contributed by atoms with Gasteiger partial charge in [-0.3, -0.25) is 14.5 Å². The summed E-state index contributed by atoms with van der Waals surface area (Å²) in [6.45, 7) is 2.48. The Kier molecular flexibility index (Phi) is 5.72. The average molecular weight is 377 g/mol. The molecule has 2 unspecified atom stereocenters. The van der Waals surface area contributed by atoms with Gasteiger partial charge in [0.25, 0.3) is 0 Å². The van der Waals surface area contributed by atoms with Crippen LogP contribution in [0.1, 0.15) is 30.9 Å². The molecule has 27 heavy (non-hydrogen) atoms. The zero-order chi connectivity index (χ0) is 19.6. The van der Waals surface area contributed by atoms with Crippen molar-refractivity contribution in [2.45, 2.75) is 37.6 Å². The van der Waals surface area contributed by atoms with Crippen molar-refractivity contribution in [3.8, 4) is 5.75 Å². The Balaban J connectivity index is 2.16. The SMILES string of the molecule is CCOC(=O)C[C@H]1C2Cc3ccc(OC)cc3C1(C(=O)OC)CCN2CO. The fourth-order valence-corrected chi connectivity index (χ4v) is 4.79. The third-order valence-corrected chi connectivity index (χ3v) is 6.01.